The van der Waals surface area contributed by atoms with Crippen LogP contribution in [0.4, 0.5) is 105 Å². The molecule has 27 heteroatoms. The molecule has 0 bridgehead atoms. The maximum Gasteiger partial charge on any atom is 1.00 e. The molecule has 0 saturated heterocycles. The van der Waals surface area contributed by atoms with Crippen LogP contribution in [0.2, 0.25) is 0 Å². The molecule has 4 rings (SSSR count). The molecule has 4 aromatic carbocycles. The molecule has 0 aliphatic carbocycles. The van der Waals surface area contributed by atoms with Crippen LogP contribution in [0.1, 0.15) is 44.5 Å². The average molecular weight is 900 g/mol. The fourth-order valence-electron chi connectivity index (χ4n) is 6.07. The number of hydrogen-bond donors (Lipinski definition) is 0. The number of hydrogen-bond acceptors (Lipinski definition) is 0. The molecule has 0 aliphatic heterocycles. The second-order valence-corrected chi connectivity index (χ2v) is 12.2. The summed E-state index contributed by atoms with van der Waals surface area (Å²) in [6.07, 6.45) is -54.8. The van der Waals surface area contributed by atoms with Crippen LogP contribution in [-0.2, 0) is 49.4 Å². The van der Waals surface area contributed by atoms with Gasteiger partial charge in [-0.05, 0) is 24.3 Å². The summed E-state index contributed by atoms with van der Waals surface area (Å²) in [5, 5.41) is 0. The molecule has 0 unspecified atom stereocenters. The van der Waals surface area contributed by atoms with Crippen molar-refractivity contribution < 1.29 is 135 Å². The Kier molecular flexibility index (Phi) is 13.9. The Morgan fingerprint density at radius 3 is 0.407 bits per heavy atom. The fraction of sp³-hybridized carbons (Fsp3) is 0.250. The zero-order valence-corrected chi connectivity index (χ0v) is 29.6. The SMILES string of the molecule is B.FC(F)(F)c1cc([B-](c2cc(C(F)(F)F)cc(C(F)(F)F)c2)(c2cc(C(F)(F)F)cc(C(F)(F)F)c2)c2cc(C(F)(F)F)cc(C(F)(F)F)c2)cc(C(F)(F)F)c1.[Na+]. The van der Waals surface area contributed by atoms with Crippen molar-refractivity contribution in [1.82, 2.24) is 0 Å². The third kappa shape index (κ3) is 11.0. The third-order valence-corrected chi connectivity index (χ3v) is 8.44. The van der Waals surface area contributed by atoms with Crippen LogP contribution in [0, 0.1) is 0 Å². The van der Waals surface area contributed by atoms with Gasteiger partial charge in [0.15, 0.2) is 0 Å². The van der Waals surface area contributed by atoms with Crippen molar-refractivity contribution in [2.75, 3.05) is 0 Å². The Morgan fingerprint density at radius 2 is 0.322 bits per heavy atom. The Labute approximate surface area is 337 Å². The van der Waals surface area contributed by atoms with Crippen molar-refractivity contribution in [2.24, 2.45) is 0 Å². The van der Waals surface area contributed by atoms with E-state index in [1.165, 1.54) is 0 Å². The van der Waals surface area contributed by atoms with Gasteiger partial charge in [-0.1, -0.05) is 48.5 Å². The van der Waals surface area contributed by atoms with Gasteiger partial charge in [0, 0.05) is 0 Å². The summed E-state index contributed by atoms with van der Waals surface area (Å²) in [6, 6.07) is -8.81. The molecular formula is C32H15B2F24Na. The number of alkyl halides is 24. The predicted octanol–water partition coefficient (Wildman–Crippen LogP) is 7.03. The second kappa shape index (κ2) is 16.0. The summed E-state index contributed by atoms with van der Waals surface area (Å²) in [5.74, 6) is 0. The minimum absolute atomic E-state index is 0. The zero-order valence-electron chi connectivity index (χ0n) is 27.6. The normalized spacial score (nSPS) is 13.8. The molecule has 0 aromatic heterocycles. The molecule has 0 nitrogen and oxygen atoms in total. The van der Waals surface area contributed by atoms with Gasteiger partial charge in [0.25, 0.3) is 0 Å². The van der Waals surface area contributed by atoms with Crippen LogP contribution in [0.3, 0.4) is 0 Å². The van der Waals surface area contributed by atoms with Crippen molar-refractivity contribution in [3.63, 3.8) is 0 Å². The molecule has 0 aliphatic rings. The zero-order chi connectivity index (χ0) is 43.9. The molecule has 318 valence electrons. The molecular weight excluding hydrogens is 885 g/mol. The number of rotatable bonds is 4. The summed E-state index contributed by atoms with van der Waals surface area (Å²) in [7, 11) is 0. The predicted molar refractivity (Wildman–Crippen MR) is 160 cm³/mol. The van der Waals surface area contributed by atoms with Gasteiger partial charge in [-0.2, -0.15) is 127 Å². The third-order valence-electron chi connectivity index (χ3n) is 8.44. The Morgan fingerprint density at radius 1 is 0.220 bits per heavy atom. The van der Waals surface area contributed by atoms with Gasteiger partial charge in [0.1, 0.15) is 6.15 Å². The van der Waals surface area contributed by atoms with Crippen molar-refractivity contribution in [3.8, 4) is 0 Å². The molecule has 0 heterocycles. The quantitative estimate of drug-likeness (QED) is 0.153. The standard InChI is InChI=1S/C32H12BF24.BH3.Na/c34-25(35,36)13-1-14(26(37,38)39)6-21(5-13)33(22-7-15(27(40,41)42)2-16(8-22)28(43,44)45,23-9-17(29(46,47)48)3-18(10-23)30(49,50)51)24-11-19(31(52,53)54)4-20(12-24)32(55,56)57;;/h1-12H;1H3;/q-1;;+1. The Hall–Kier alpha value is -3.67. The molecule has 0 amide bonds. The molecule has 0 radical (unpaired) electrons. The van der Waals surface area contributed by atoms with E-state index in [4.69, 9.17) is 0 Å². The minimum atomic E-state index is -6.13. The van der Waals surface area contributed by atoms with Gasteiger partial charge in [-0.25, -0.2) is 0 Å². The first-order valence-electron chi connectivity index (χ1n) is 14.6. The summed E-state index contributed by atoms with van der Waals surface area (Å²) in [6.45, 7) is 0. The number of benzene rings is 4. The van der Waals surface area contributed by atoms with Crippen LogP contribution in [0.5, 0.6) is 0 Å². The molecule has 0 fully saturated rings. The first kappa shape index (κ1) is 51.5. The van der Waals surface area contributed by atoms with E-state index in [2.05, 4.69) is 0 Å². The van der Waals surface area contributed by atoms with Crippen molar-refractivity contribution in [2.45, 2.75) is 49.4 Å². The summed E-state index contributed by atoms with van der Waals surface area (Å²) in [4.78, 5) is 0. The Balaban J connectivity index is 0.00000600. The summed E-state index contributed by atoms with van der Waals surface area (Å²) < 4.78 is 341. The largest absolute Gasteiger partial charge is 1.00 e. The van der Waals surface area contributed by atoms with Gasteiger partial charge in [0.2, 0.25) is 0 Å². The second-order valence-electron chi connectivity index (χ2n) is 12.2. The topological polar surface area (TPSA) is 0 Å². The maximum atomic E-state index is 14.2. The van der Waals surface area contributed by atoms with Gasteiger partial charge in [-0.3, -0.25) is 0 Å². The van der Waals surface area contributed by atoms with Gasteiger partial charge < -0.3 is 0 Å². The molecule has 0 saturated carbocycles. The van der Waals surface area contributed by atoms with E-state index in [0.717, 1.165) is 0 Å². The van der Waals surface area contributed by atoms with Crippen LogP contribution in [0.25, 0.3) is 0 Å². The van der Waals surface area contributed by atoms with E-state index in [0.29, 0.717) is 0 Å². The van der Waals surface area contributed by atoms with Crippen molar-refractivity contribution in [3.05, 3.63) is 117 Å². The number of halogens is 24. The Bertz CT molecular complexity index is 1710. The van der Waals surface area contributed by atoms with E-state index in [9.17, 15) is 105 Å². The molecule has 59 heavy (non-hydrogen) atoms. The molecule has 0 atom stereocenters. The van der Waals surface area contributed by atoms with Crippen LogP contribution < -0.4 is 51.4 Å². The van der Waals surface area contributed by atoms with Crippen molar-refractivity contribution in [1.29, 1.82) is 0 Å². The fourth-order valence-corrected chi connectivity index (χ4v) is 6.07. The van der Waals surface area contributed by atoms with E-state index in [1.807, 2.05) is 0 Å². The average Bonchev–Trinajstić information content (AvgIpc) is 3.01. The van der Waals surface area contributed by atoms with Crippen LogP contribution in [0.15, 0.2) is 72.8 Å². The molecule has 0 spiro atoms. The maximum absolute atomic E-state index is 14.2. The van der Waals surface area contributed by atoms with E-state index >= 15 is 0 Å². The monoisotopic (exact) mass is 900 g/mol. The van der Waals surface area contributed by atoms with Gasteiger partial charge >= 0.3 is 79.0 Å². The van der Waals surface area contributed by atoms with Gasteiger partial charge in [-0.15, -0.1) is 0 Å². The van der Waals surface area contributed by atoms with E-state index in [1.54, 1.807) is 0 Å². The van der Waals surface area contributed by atoms with Crippen LogP contribution in [-0.4, -0.2) is 14.6 Å². The minimum Gasteiger partial charge on any atom is -0.194 e. The first-order valence-corrected chi connectivity index (χ1v) is 14.6. The smallest absolute Gasteiger partial charge is 0.194 e. The molecule has 0 N–H and O–H groups in total. The summed E-state index contributed by atoms with van der Waals surface area (Å²) >= 11 is 0. The molecule has 4 aromatic rings. The van der Waals surface area contributed by atoms with Crippen LogP contribution >= 0.6 is 0 Å². The first-order chi connectivity index (χ1) is 25.3. The van der Waals surface area contributed by atoms with E-state index < -0.39 is 195 Å². The van der Waals surface area contributed by atoms with Crippen molar-refractivity contribution >= 4 is 36.4 Å². The van der Waals surface area contributed by atoms with Gasteiger partial charge in [0.05, 0.1) is 52.9 Å². The van der Waals surface area contributed by atoms with E-state index in [-0.39, 0.29) is 38.0 Å². The summed E-state index contributed by atoms with van der Waals surface area (Å²) in [5.41, 5.74) is -30.2.